The second-order valence-corrected chi connectivity index (χ2v) is 7.16. The van der Waals surface area contributed by atoms with Crippen LogP contribution >= 0.6 is 11.3 Å². The van der Waals surface area contributed by atoms with E-state index in [2.05, 4.69) is 32.7 Å². The van der Waals surface area contributed by atoms with Gasteiger partial charge in [-0.05, 0) is 30.7 Å². The van der Waals surface area contributed by atoms with Crippen molar-refractivity contribution in [3.63, 3.8) is 0 Å². The van der Waals surface area contributed by atoms with E-state index >= 15 is 0 Å². The van der Waals surface area contributed by atoms with E-state index in [1.165, 1.54) is 5.56 Å². The summed E-state index contributed by atoms with van der Waals surface area (Å²) < 4.78 is 37.8. The van der Waals surface area contributed by atoms with Crippen LogP contribution in [0.3, 0.4) is 0 Å². The van der Waals surface area contributed by atoms with Crippen molar-refractivity contribution in [2.24, 2.45) is 10.9 Å². The molecule has 1 saturated carbocycles. The molecule has 3 rings (SSSR count). The van der Waals surface area contributed by atoms with Gasteiger partial charge < -0.3 is 10.6 Å². The van der Waals surface area contributed by atoms with E-state index in [1.54, 1.807) is 0 Å². The summed E-state index contributed by atoms with van der Waals surface area (Å²) in [4.78, 5) is 7.96. The fourth-order valence-corrected chi connectivity index (χ4v) is 3.54. The average Bonchev–Trinajstić information content (AvgIpc) is 3.23. The predicted octanol–water partition coefficient (Wildman–Crippen LogP) is 4.02. The number of rotatable bonds is 6. The molecule has 26 heavy (non-hydrogen) atoms. The molecule has 1 aliphatic rings. The third-order valence-corrected chi connectivity index (χ3v) is 5.07. The number of alkyl halides is 3. The van der Waals surface area contributed by atoms with Gasteiger partial charge in [-0.2, -0.15) is 13.2 Å². The standard InChI is InChI=1S/C18H21F3N4S/c1-2-22-17(24-10-16-25-15(11-26-16)18(19,20)21)23-9-13-8-14(13)12-6-4-3-5-7-12/h3-7,11,13-14H,2,8-10H2,1H3,(H2,22,23,24). The molecule has 0 radical (unpaired) electrons. The second kappa shape index (κ2) is 8.07. The number of nitrogens with one attached hydrogen (secondary N) is 2. The number of nitrogens with zero attached hydrogens (tertiary/aromatic N) is 2. The third-order valence-electron chi connectivity index (χ3n) is 4.24. The largest absolute Gasteiger partial charge is 0.434 e. The van der Waals surface area contributed by atoms with Crippen molar-refractivity contribution in [2.45, 2.75) is 32.0 Å². The molecule has 2 atom stereocenters. The molecule has 0 spiro atoms. The quantitative estimate of drug-likeness (QED) is 0.586. The van der Waals surface area contributed by atoms with Gasteiger partial charge in [0.15, 0.2) is 11.7 Å². The van der Waals surface area contributed by atoms with E-state index in [9.17, 15) is 13.2 Å². The Kier molecular flexibility index (Phi) is 5.80. The van der Waals surface area contributed by atoms with Crippen LogP contribution < -0.4 is 10.6 Å². The van der Waals surface area contributed by atoms with E-state index in [-0.39, 0.29) is 6.54 Å². The van der Waals surface area contributed by atoms with Crippen molar-refractivity contribution in [1.82, 2.24) is 15.6 Å². The van der Waals surface area contributed by atoms with Gasteiger partial charge in [0.1, 0.15) is 5.01 Å². The number of benzene rings is 1. The van der Waals surface area contributed by atoms with E-state index in [4.69, 9.17) is 0 Å². The van der Waals surface area contributed by atoms with Gasteiger partial charge in [-0.15, -0.1) is 11.3 Å². The monoisotopic (exact) mass is 382 g/mol. The Balaban J connectivity index is 1.52. The molecule has 1 aliphatic carbocycles. The molecule has 2 aromatic rings. The molecular formula is C18H21F3N4S. The van der Waals surface area contributed by atoms with Gasteiger partial charge in [-0.1, -0.05) is 30.3 Å². The molecule has 1 fully saturated rings. The van der Waals surface area contributed by atoms with Crippen molar-refractivity contribution < 1.29 is 13.2 Å². The molecule has 1 heterocycles. The maximum absolute atomic E-state index is 12.6. The number of aliphatic imine (C=N–C) groups is 1. The molecule has 0 bridgehead atoms. The van der Waals surface area contributed by atoms with Crippen LogP contribution in [0.4, 0.5) is 13.2 Å². The molecule has 2 N–H and O–H groups in total. The zero-order valence-corrected chi connectivity index (χ0v) is 15.2. The Hall–Kier alpha value is -2.09. The summed E-state index contributed by atoms with van der Waals surface area (Å²) in [5.41, 5.74) is 0.498. The van der Waals surface area contributed by atoms with Crippen molar-refractivity contribution >= 4 is 17.3 Å². The molecule has 1 aromatic carbocycles. The highest BCUT2D eigenvalue weighted by atomic mass is 32.1. The number of aromatic nitrogens is 1. The lowest BCUT2D eigenvalue weighted by molar-refractivity contribution is -0.140. The Morgan fingerprint density at radius 2 is 2.04 bits per heavy atom. The van der Waals surface area contributed by atoms with Gasteiger partial charge in [0.2, 0.25) is 0 Å². The van der Waals surface area contributed by atoms with Crippen LogP contribution in [0.25, 0.3) is 0 Å². The summed E-state index contributed by atoms with van der Waals surface area (Å²) in [6, 6.07) is 10.4. The lowest BCUT2D eigenvalue weighted by atomic mass is 10.1. The first kappa shape index (κ1) is 18.7. The number of hydrogen-bond acceptors (Lipinski definition) is 3. The lowest BCUT2D eigenvalue weighted by Gasteiger charge is -2.11. The molecule has 1 aromatic heterocycles. The second-order valence-electron chi connectivity index (χ2n) is 6.21. The smallest absolute Gasteiger partial charge is 0.357 e. The van der Waals surface area contributed by atoms with Gasteiger partial charge in [0.05, 0.1) is 6.54 Å². The predicted molar refractivity (Wildman–Crippen MR) is 97.2 cm³/mol. The van der Waals surface area contributed by atoms with E-state index in [0.717, 1.165) is 29.7 Å². The summed E-state index contributed by atoms with van der Waals surface area (Å²) in [5.74, 6) is 1.73. The molecule has 140 valence electrons. The summed E-state index contributed by atoms with van der Waals surface area (Å²) in [6.45, 7) is 3.55. The van der Waals surface area contributed by atoms with Crippen molar-refractivity contribution in [1.29, 1.82) is 0 Å². The Morgan fingerprint density at radius 3 is 2.69 bits per heavy atom. The maximum Gasteiger partial charge on any atom is 0.434 e. The highest BCUT2D eigenvalue weighted by molar-refractivity contribution is 7.09. The van der Waals surface area contributed by atoms with Crippen LogP contribution in [-0.4, -0.2) is 24.0 Å². The zero-order chi connectivity index (χ0) is 18.6. The fourth-order valence-electron chi connectivity index (χ4n) is 2.81. The van der Waals surface area contributed by atoms with Crippen LogP contribution in [-0.2, 0) is 12.7 Å². The maximum atomic E-state index is 12.6. The zero-order valence-electron chi connectivity index (χ0n) is 14.4. The first-order valence-corrected chi connectivity index (χ1v) is 9.44. The highest BCUT2D eigenvalue weighted by Gasteiger charge is 2.38. The number of halogens is 3. The number of guanidine groups is 1. The topological polar surface area (TPSA) is 49.3 Å². The molecule has 0 amide bonds. The molecule has 2 unspecified atom stereocenters. The minimum absolute atomic E-state index is 0.128. The van der Waals surface area contributed by atoms with E-state index < -0.39 is 11.9 Å². The number of thiazole rings is 1. The lowest BCUT2D eigenvalue weighted by Crippen LogP contribution is -2.38. The van der Waals surface area contributed by atoms with Crippen molar-refractivity contribution in [3.8, 4) is 0 Å². The molecule has 0 aliphatic heterocycles. The van der Waals surface area contributed by atoms with Crippen LogP contribution in [0.15, 0.2) is 40.7 Å². The van der Waals surface area contributed by atoms with Crippen LogP contribution in [0, 0.1) is 5.92 Å². The van der Waals surface area contributed by atoms with Crippen LogP contribution in [0.2, 0.25) is 0 Å². The van der Waals surface area contributed by atoms with Gasteiger partial charge >= 0.3 is 6.18 Å². The molecule has 0 saturated heterocycles. The minimum Gasteiger partial charge on any atom is -0.357 e. The van der Waals surface area contributed by atoms with E-state index in [1.807, 2.05) is 25.1 Å². The minimum atomic E-state index is -4.40. The fraction of sp³-hybridized carbons (Fsp3) is 0.444. The molecule has 4 nitrogen and oxygen atoms in total. The third kappa shape index (κ3) is 4.97. The summed E-state index contributed by atoms with van der Waals surface area (Å²) >= 11 is 0.977. The SMILES string of the molecule is CCNC(=NCc1nc(C(F)(F)F)cs1)NCC1CC1c1ccccc1. The number of hydrogen-bond donors (Lipinski definition) is 2. The normalized spacial score (nSPS) is 20.1. The Labute approximate surface area is 154 Å². The first-order chi connectivity index (χ1) is 12.5. The van der Waals surface area contributed by atoms with Crippen molar-refractivity contribution in [2.75, 3.05) is 13.1 Å². The average molecular weight is 382 g/mol. The van der Waals surface area contributed by atoms with Gasteiger partial charge in [-0.25, -0.2) is 9.98 Å². The summed E-state index contributed by atoms with van der Waals surface area (Å²) in [7, 11) is 0. The molecular weight excluding hydrogens is 361 g/mol. The van der Waals surface area contributed by atoms with Gasteiger partial charge in [-0.3, -0.25) is 0 Å². The van der Waals surface area contributed by atoms with Gasteiger partial charge in [0.25, 0.3) is 0 Å². The van der Waals surface area contributed by atoms with Gasteiger partial charge in [0, 0.05) is 18.5 Å². The Bertz CT molecular complexity index is 742. The highest BCUT2D eigenvalue weighted by Crippen LogP contribution is 2.46. The summed E-state index contributed by atoms with van der Waals surface area (Å²) in [5, 5.41) is 7.78. The molecule has 8 heteroatoms. The Morgan fingerprint density at radius 1 is 1.27 bits per heavy atom. The van der Waals surface area contributed by atoms with Crippen LogP contribution in [0.5, 0.6) is 0 Å². The summed E-state index contributed by atoms with van der Waals surface area (Å²) in [6.07, 6.45) is -3.27. The van der Waals surface area contributed by atoms with Crippen LogP contribution in [0.1, 0.15) is 35.5 Å². The van der Waals surface area contributed by atoms with E-state index in [0.29, 0.717) is 29.3 Å². The first-order valence-electron chi connectivity index (χ1n) is 8.56. The van der Waals surface area contributed by atoms with Crippen molar-refractivity contribution in [3.05, 3.63) is 52.0 Å².